The molecule has 6 heteroatoms. The van der Waals surface area contributed by atoms with Gasteiger partial charge >= 0.3 is 5.97 Å². The van der Waals surface area contributed by atoms with E-state index in [4.69, 9.17) is 16.3 Å². The van der Waals surface area contributed by atoms with Crippen LogP contribution in [0.1, 0.15) is 22.8 Å². The summed E-state index contributed by atoms with van der Waals surface area (Å²) in [5, 5.41) is 3.16. The van der Waals surface area contributed by atoms with Crippen molar-refractivity contribution in [2.24, 2.45) is 0 Å². The molecule has 0 amide bonds. The lowest BCUT2D eigenvalue weighted by molar-refractivity contribution is 0.0393. The van der Waals surface area contributed by atoms with Crippen molar-refractivity contribution < 1.29 is 9.53 Å². The molecule has 2 aromatic rings. The molecule has 1 aromatic heterocycles. The summed E-state index contributed by atoms with van der Waals surface area (Å²) in [5.74, 6) is 0.0432. The second kappa shape index (κ2) is 6.34. The SMILES string of the molecule is Cc1ccc(C(=O)OC(C)Nc2cncc(Cl)n2)cc1. The number of aromatic nitrogens is 2. The van der Waals surface area contributed by atoms with Gasteiger partial charge in [0.25, 0.3) is 0 Å². The molecule has 5 nitrogen and oxygen atoms in total. The number of rotatable bonds is 4. The fourth-order valence-corrected chi connectivity index (χ4v) is 1.72. The molecule has 1 aromatic carbocycles. The molecule has 104 valence electrons. The lowest BCUT2D eigenvalue weighted by Gasteiger charge is -2.15. The summed E-state index contributed by atoms with van der Waals surface area (Å²) >= 11 is 5.72. The van der Waals surface area contributed by atoms with Crippen LogP contribution < -0.4 is 5.32 Å². The predicted molar refractivity (Wildman–Crippen MR) is 76.7 cm³/mol. The van der Waals surface area contributed by atoms with Gasteiger partial charge in [-0.15, -0.1) is 0 Å². The van der Waals surface area contributed by atoms with Crippen LogP contribution in [-0.4, -0.2) is 22.2 Å². The second-order valence-electron chi connectivity index (χ2n) is 4.28. The number of carbonyl (C=O) groups excluding carboxylic acids is 1. The summed E-state index contributed by atoms with van der Waals surface area (Å²) in [6.45, 7) is 3.66. The summed E-state index contributed by atoms with van der Waals surface area (Å²) in [6, 6.07) is 7.17. The molecule has 1 heterocycles. The van der Waals surface area contributed by atoms with Crippen LogP contribution >= 0.6 is 11.6 Å². The highest BCUT2D eigenvalue weighted by molar-refractivity contribution is 6.29. The third kappa shape index (κ3) is 3.93. The zero-order chi connectivity index (χ0) is 14.5. The van der Waals surface area contributed by atoms with E-state index in [0.29, 0.717) is 11.4 Å². The maximum atomic E-state index is 11.9. The number of halogens is 1. The van der Waals surface area contributed by atoms with E-state index >= 15 is 0 Å². The third-order valence-corrected chi connectivity index (χ3v) is 2.71. The Morgan fingerprint density at radius 3 is 2.65 bits per heavy atom. The Hall–Kier alpha value is -2.14. The molecule has 0 radical (unpaired) electrons. The van der Waals surface area contributed by atoms with Crippen molar-refractivity contribution in [1.29, 1.82) is 0 Å². The van der Waals surface area contributed by atoms with Gasteiger partial charge in [0.2, 0.25) is 0 Å². The average molecular weight is 292 g/mol. The Bertz CT molecular complexity index is 602. The molecule has 1 atom stereocenters. The second-order valence-corrected chi connectivity index (χ2v) is 4.67. The Labute approximate surface area is 122 Å². The quantitative estimate of drug-likeness (QED) is 0.693. The largest absolute Gasteiger partial charge is 0.438 e. The standard InChI is InChI=1S/C14H14ClN3O2/c1-9-3-5-11(6-4-9)14(19)20-10(2)17-13-8-16-7-12(15)18-13/h3-8,10H,1-2H3,(H,17,18). The summed E-state index contributed by atoms with van der Waals surface area (Å²) in [6.07, 6.45) is 2.38. The van der Waals surface area contributed by atoms with Gasteiger partial charge < -0.3 is 10.1 Å². The molecule has 20 heavy (non-hydrogen) atoms. The first-order valence-electron chi connectivity index (χ1n) is 6.06. The normalized spacial score (nSPS) is 11.8. The minimum absolute atomic E-state index is 0.270. The van der Waals surface area contributed by atoms with E-state index in [1.165, 1.54) is 12.4 Å². The molecule has 0 saturated carbocycles. The average Bonchev–Trinajstić information content (AvgIpc) is 2.39. The Morgan fingerprint density at radius 2 is 2.00 bits per heavy atom. The minimum Gasteiger partial charge on any atom is -0.438 e. The molecule has 0 aliphatic heterocycles. The van der Waals surface area contributed by atoms with Crippen LogP contribution in [0.3, 0.4) is 0 Å². The lowest BCUT2D eigenvalue weighted by Crippen LogP contribution is -2.23. The fraction of sp³-hybridized carbons (Fsp3) is 0.214. The number of benzene rings is 1. The van der Waals surface area contributed by atoms with E-state index < -0.39 is 12.2 Å². The fourth-order valence-electron chi connectivity index (χ4n) is 1.57. The lowest BCUT2D eigenvalue weighted by atomic mass is 10.1. The molecular formula is C14H14ClN3O2. The molecule has 0 aliphatic carbocycles. The summed E-state index contributed by atoms with van der Waals surface area (Å²) < 4.78 is 5.26. The van der Waals surface area contributed by atoms with Gasteiger partial charge in [-0.2, -0.15) is 0 Å². The third-order valence-electron chi connectivity index (χ3n) is 2.53. The van der Waals surface area contributed by atoms with Crippen molar-refractivity contribution in [3.8, 4) is 0 Å². The number of nitrogens with one attached hydrogen (secondary N) is 1. The van der Waals surface area contributed by atoms with Gasteiger partial charge in [0.05, 0.1) is 18.0 Å². The number of hydrogen-bond acceptors (Lipinski definition) is 5. The van der Waals surface area contributed by atoms with Gasteiger partial charge in [0, 0.05) is 0 Å². The number of carbonyl (C=O) groups is 1. The zero-order valence-electron chi connectivity index (χ0n) is 11.1. The number of nitrogens with zero attached hydrogens (tertiary/aromatic N) is 2. The van der Waals surface area contributed by atoms with Crippen LogP contribution in [-0.2, 0) is 4.74 Å². The molecule has 0 saturated heterocycles. The van der Waals surface area contributed by atoms with E-state index in [-0.39, 0.29) is 5.15 Å². The van der Waals surface area contributed by atoms with Gasteiger partial charge in [-0.05, 0) is 26.0 Å². The first-order valence-corrected chi connectivity index (χ1v) is 6.44. The Morgan fingerprint density at radius 1 is 1.30 bits per heavy atom. The topological polar surface area (TPSA) is 64.1 Å². The van der Waals surface area contributed by atoms with Crippen molar-refractivity contribution in [1.82, 2.24) is 9.97 Å². The van der Waals surface area contributed by atoms with Crippen LogP contribution in [0.5, 0.6) is 0 Å². The summed E-state index contributed by atoms with van der Waals surface area (Å²) in [5.41, 5.74) is 1.59. The Balaban J connectivity index is 1.95. The molecule has 0 fully saturated rings. The Kier molecular flexibility index (Phi) is 4.53. The highest BCUT2D eigenvalue weighted by atomic mass is 35.5. The maximum Gasteiger partial charge on any atom is 0.340 e. The number of esters is 1. The number of ether oxygens (including phenoxy) is 1. The van der Waals surface area contributed by atoms with E-state index in [1.54, 1.807) is 19.1 Å². The van der Waals surface area contributed by atoms with Crippen molar-refractivity contribution in [2.75, 3.05) is 5.32 Å². The zero-order valence-corrected chi connectivity index (χ0v) is 11.9. The number of hydrogen-bond donors (Lipinski definition) is 1. The molecule has 1 N–H and O–H groups in total. The van der Waals surface area contributed by atoms with Crippen molar-refractivity contribution in [2.45, 2.75) is 20.1 Å². The summed E-state index contributed by atoms with van der Waals surface area (Å²) in [7, 11) is 0. The van der Waals surface area contributed by atoms with Crippen LogP contribution in [0.2, 0.25) is 5.15 Å². The van der Waals surface area contributed by atoms with Crippen LogP contribution in [0.4, 0.5) is 5.82 Å². The van der Waals surface area contributed by atoms with E-state index in [1.807, 2.05) is 19.1 Å². The monoisotopic (exact) mass is 291 g/mol. The van der Waals surface area contributed by atoms with Gasteiger partial charge in [-0.25, -0.2) is 9.78 Å². The van der Waals surface area contributed by atoms with E-state index in [2.05, 4.69) is 15.3 Å². The van der Waals surface area contributed by atoms with Crippen LogP contribution in [0, 0.1) is 6.92 Å². The van der Waals surface area contributed by atoms with E-state index in [9.17, 15) is 4.79 Å². The highest BCUT2D eigenvalue weighted by Gasteiger charge is 2.12. The summed E-state index contributed by atoms with van der Waals surface area (Å²) in [4.78, 5) is 19.8. The molecule has 0 bridgehead atoms. The van der Waals surface area contributed by atoms with Gasteiger partial charge in [0.1, 0.15) is 11.0 Å². The molecule has 0 aliphatic rings. The smallest absolute Gasteiger partial charge is 0.340 e. The van der Waals surface area contributed by atoms with Gasteiger partial charge in [-0.1, -0.05) is 29.3 Å². The first kappa shape index (κ1) is 14.3. The van der Waals surface area contributed by atoms with Crippen LogP contribution in [0.15, 0.2) is 36.7 Å². The highest BCUT2D eigenvalue weighted by Crippen LogP contribution is 2.10. The molecular weight excluding hydrogens is 278 g/mol. The molecule has 2 rings (SSSR count). The van der Waals surface area contributed by atoms with Crippen molar-refractivity contribution >= 4 is 23.4 Å². The van der Waals surface area contributed by atoms with E-state index in [0.717, 1.165) is 5.56 Å². The molecule has 0 spiro atoms. The van der Waals surface area contributed by atoms with Gasteiger partial charge in [-0.3, -0.25) is 4.98 Å². The number of anilines is 1. The van der Waals surface area contributed by atoms with Crippen molar-refractivity contribution in [3.63, 3.8) is 0 Å². The maximum absolute atomic E-state index is 11.9. The molecule has 1 unspecified atom stereocenters. The predicted octanol–water partition coefficient (Wildman–Crippen LogP) is 3.05. The first-order chi connectivity index (χ1) is 9.54. The van der Waals surface area contributed by atoms with Crippen molar-refractivity contribution in [3.05, 3.63) is 52.9 Å². The van der Waals surface area contributed by atoms with Gasteiger partial charge in [0.15, 0.2) is 6.23 Å². The number of aryl methyl sites for hydroxylation is 1. The van der Waals surface area contributed by atoms with Crippen LogP contribution in [0.25, 0.3) is 0 Å². The minimum atomic E-state index is -0.545.